The van der Waals surface area contributed by atoms with Gasteiger partial charge in [0.1, 0.15) is 5.75 Å². The van der Waals surface area contributed by atoms with Crippen LogP contribution in [0.15, 0.2) is 30.3 Å². The average molecular weight is 230 g/mol. The van der Waals surface area contributed by atoms with E-state index in [1.54, 1.807) is 20.1 Å². The number of carbonyl (C=O) groups excluding carboxylic acids is 1. The molecule has 0 aromatic heterocycles. The second-order valence-corrected chi connectivity index (χ2v) is 3.35. The normalized spacial score (nSPS) is 11.8. The van der Waals surface area contributed by atoms with Crippen LogP contribution in [-0.2, 0) is 9.53 Å². The van der Waals surface area contributed by atoms with Crippen LogP contribution >= 0.6 is 0 Å². The van der Waals surface area contributed by atoms with Gasteiger partial charge in [-0.1, -0.05) is 18.1 Å². The molecule has 1 aromatic rings. The van der Waals surface area contributed by atoms with Gasteiger partial charge in [-0.05, 0) is 30.7 Å². The molecule has 0 spiro atoms. The number of rotatable bonds is 4. The molecule has 1 atom stereocenters. The molecule has 88 valence electrons. The lowest BCUT2D eigenvalue weighted by atomic mass is 10.2. The quantitative estimate of drug-likeness (QED) is 0.452. The van der Waals surface area contributed by atoms with Gasteiger partial charge >= 0.3 is 5.97 Å². The minimum atomic E-state index is -0.511. The third-order valence-electron chi connectivity index (χ3n) is 2.06. The lowest BCUT2D eigenvalue weighted by Gasteiger charge is -2.03. The molecular weight excluding hydrogens is 216 g/mol. The van der Waals surface area contributed by atoms with Gasteiger partial charge in [-0.15, -0.1) is 6.42 Å². The minimum absolute atomic E-state index is 0.453. The zero-order valence-corrected chi connectivity index (χ0v) is 9.84. The second kappa shape index (κ2) is 6.39. The van der Waals surface area contributed by atoms with E-state index in [4.69, 9.17) is 15.9 Å². The molecule has 0 amide bonds. The van der Waals surface area contributed by atoms with E-state index >= 15 is 0 Å². The summed E-state index contributed by atoms with van der Waals surface area (Å²) in [6.07, 6.45) is 7.58. The molecule has 0 heterocycles. The van der Waals surface area contributed by atoms with Crippen LogP contribution in [0, 0.1) is 12.3 Å². The Morgan fingerprint density at radius 3 is 2.59 bits per heavy atom. The molecule has 0 bridgehead atoms. The Morgan fingerprint density at radius 1 is 1.41 bits per heavy atom. The van der Waals surface area contributed by atoms with E-state index in [9.17, 15) is 4.79 Å². The molecule has 1 unspecified atom stereocenters. The zero-order valence-electron chi connectivity index (χ0n) is 9.84. The predicted molar refractivity (Wildman–Crippen MR) is 66.4 cm³/mol. The van der Waals surface area contributed by atoms with Crippen LogP contribution in [0.1, 0.15) is 12.5 Å². The highest BCUT2D eigenvalue weighted by molar-refractivity contribution is 5.87. The molecule has 0 radical (unpaired) electrons. The number of methoxy groups -OCH3 is 1. The van der Waals surface area contributed by atoms with E-state index in [1.165, 1.54) is 6.08 Å². The van der Waals surface area contributed by atoms with Crippen molar-refractivity contribution in [3.63, 3.8) is 0 Å². The van der Waals surface area contributed by atoms with Crippen LogP contribution in [0.4, 0.5) is 0 Å². The van der Waals surface area contributed by atoms with Crippen molar-refractivity contribution in [3.05, 3.63) is 35.9 Å². The number of ether oxygens (including phenoxy) is 2. The largest absolute Gasteiger partial charge is 0.497 e. The van der Waals surface area contributed by atoms with E-state index in [0.717, 1.165) is 11.3 Å². The van der Waals surface area contributed by atoms with Gasteiger partial charge in [0, 0.05) is 6.08 Å². The highest BCUT2D eigenvalue weighted by Crippen LogP contribution is 2.12. The lowest BCUT2D eigenvalue weighted by molar-refractivity contribution is -0.139. The van der Waals surface area contributed by atoms with Gasteiger partial charge in [-0.3, -0.25) is 0 Å². The summed E-state index contributed by atoms with van der Waals surface area (Å²) in [5, 5.41) is 0. The fourth-order valence-corrected chi connectivity index (χ4v) is 1.13. The predicted octanol–water partition coefficient (Wildman–Crippen LogP) is 2.27. The van der Waals surface area contributed by atoms with Gasteiger partial charge in [-0.2, -0.15) is 0 Å². The van der Waals surface area contributed by atoms with Crippen LogP contribution in [0.3, 0.4) is 0 Å². The van der Waals surface area contributed by atoms with Crippen LogP contribution in [0.25, 0.3) is 6.08 Å². The Hall–Kier alpha value is -2.21. The Bertz CT molecular complexity index is 438. The molecule has 0 N–H and O–H groups in total. The number of esters is 1. The van der Waals surface area contributed by atoms with Crippen LogP contribution in [-0.4, -0.2) is 19.2 Å². The molecule has 0 saturated carbocycles. The van der Waals surface area contributed by atoms with Crippen molar-refractivity contribution in [2.45, 2.75) is 13.0 Å². The van der Waals surface area contributed by atoms with Crippen molar-refractivity contribution in [1.29, 1.82) is 0 Å². The van der Waals surface area contributed by atoms with Crippen molar-refractivity contribution in [2.24, 2.45) is 0 Å². The summed E-state index contributed by atoms with van der Waals surface area (Å²) in [7, 11) is 1.60. The van der Waals surface area contributed by atoms with Gasteiger partial charge in [0.25, 0.3) is 0 Å². The van der Waals surface area contributed by atoms with E-state index in [0.29, 0.717) is 0 Å². The smallest absolute Gasteiger partial charge is 0.331 e. The molecule has 17 heavy (non-hydrogen) atoms. The lowest BCUT2D eigenvalue weighted by Crippen LogP contribution is -2.10. The summed E-state index contributed by atoms with van der Waals surface area (Å²) in [6.45, 7) is 1.64. The molecule has 0 aliphatic rings. The van der Waals surface area contributed by atoms with Crippen molar-refractivity contribution < 1.29 is 14.3 Å². The molecule has 3 nitrogen and oxygen atoms in total. The zero-order chi connectivity index (χ0) is 12.7. The topological polar surface area (TPSA) is 35.5 Å². The third kappa shape index (κ3) is 4.43. The van der Waals surface area contributed by atoms with Crippen LogP contribution < -0.4 is 4.74 Å². The van der Waals surface area contributed by atoms with Crippen LogP contribution in [0.5, 0.6) is 5.75 Å². The molecular formula is C14H14O3. The monoisotopic (exact) mass is 230 g/mol. The Balaban J connectivity index is 2.58. The standard InChI is InChI=1S/C14H14O3/c1-4-11(2)17-14(15)10-7-12-5-8-13(16-3)9-6-12/h1,5-11H,2-3H3/b10-7+. The molecule has 0 fully saturated rings. The molecule has 0 saturated heterocycles. The summed E-state index contributed by atoms with van der Waals surface area (Å²) in [4.78, 5) is 11.3. The van der Waals surface area contributed by atoms with E-state index in [2.05, 4.69) is 5.92 Å². The van der Waals surface area contributed by atoms with Gasteiger partial charge in [0.05, 0.1) is 7.11 Å². The first kappa shape index (κ1) is 12.9. The molecule has 3 heteroatoms. The molecule has 0 aliphatic heterocycles. The highest BCUT2D eigenvalue weighted by Gasteiger charge is 2.01. The van der Waals surface area contributed by atoms with Gasteiger partial charge in [0.15, 0.2) is 6.10 Å². The third-order valence-corrected chi connectivity index (χ3v) is 2.06. The van der Waals surface area contributed by atoms with E-state index in [-0.39, 0.29) is 0 Å². The van der Waals surface area contributed by atoms with E-state index < -0.39 is 12.1 Å². The second-order valence-electron chi connectivity index (χ2n) is 3.35. The van der Waals surface area contributed by atoms with Crippen molar-refractivity contribution in [3.8, 4) is 18.1 Å². The minimum Gasteiger partial charge on any atom is -0.497 e. The summed E-state index contributed by atoms with van der Waals surface area (Å²) < 4.78 is 9.90. The van der Waals surface area contributed by atoms with E-state index in [1.807, 2.05) is 24.3 Å². The Morgan fingerprint density at radius 2 is 2.06 bits per heavy atom. The van der Waals surface area contributed by atoms with Crippen LogP contribution in [0.2, 0.25) is 0 Å². The summed E-state index contributed by atoms with van der Waals surface area (Å²) >= 11 is 0. The maximum Gasteiger partial charge on any atom is 0.331 e. The molecule has 1 aromatic carbocycles. The van der Waals surface area contributed by atoms with Crippen molar-refractivity contribution >= 4 is 12.0 Å². The number of benzene rings is 1. The number of hydrogen-bond acceptors (Lipinski definition) is 3. The molecule has 1 rings (SSSR count). The fraction of sp³-hybridized carbons (Fsp3) is 0.214. The van der Waals surface area contributed by atoms with Gasteiger partial charge < -0.3 is 9.47 Å². The average Bonchev–Trinajstić information content (AvgIpc) is 2.36. The Labute approximate surface area is 101 Å². The summed E-state index contributed by atoms with van der Waals surface area (Å²) in [5.41, 5.74) is 0.885. The first-order valence-corrected chi connectivity index (χ1v) is 5.14. The SMILES string of the molecule is C#CC(C)OC(=O)/C=C/c1ccc(OC)cc1. The number of hydrogen-bond donors (Lipinski definition) is 0. The van der Waals surface area contributed by atoms with Crippen molar-refractivity contribution in [2.75, 3.05) is 7.11 Å². The summed E-state index contributed by atoms with van der Waals surface area (Å²) in [6, 6.07) is 7.31. The summed E-state index contributed by atoms with van der Waals surface area (Å²) in [5.74, 6) is 2.63. The van der Waals surface area contributed by atoms with Crippen molar-refractivity contribution in [1.82, 2.24) is 0 Å². The first-order chi connectivity index (χ1) is 8.15. The van der Waals surface area contributed by atoms with Gasteiger partial charge in [0.2, 0.25) is 0 Å². The number of terminal acetylenes is 1. The maximum atomic E-state index is 11.3. The fourth-order valence-electron chi connectivity index (χ4n) is 1.13. The maximum absolute atomic E-state index is 11.3. The molecule has 0 aliphatic carbocycles. The number of carbonyl (C=O) groups is 1. The van der Waals surface area contributed by atoms with Gasteiger partial charge in [-0.25, -0.2) is 4.79 Å². The highest BCUT2D eigenvalue weighted by atomic mass is 16.5. The first-order valence-electron chi connectivity index (χ1n) is 5.14. The Kier molecular flexibility index (Phi) is 4.83.